The molecule has 1 saturated carbocycles. The number of rotatable bonds is 10. The predicted octanol–water partition coefficient (Wildman–Crippen LogP) is 7.62. The van der Waals surface area contributed by atoms with Crippen molar-refractivity contribution in [1.29, 1.82) is 0 Å². The maximum Gasteiger partial charge on any atom is 0.292 e. The molecule has 0 saturated heterocycles. The smallest absolute Gasteiger partial charge is 0.292 e. The number of hydrogen-bond donors (Lipinski definition) is 0. The van der Waals surface area contributed by atoms with Crippen molar-refractivity contribution < 1.29 is 46.6 Å². The standard InChI is InChI=1S/C37H39FN3O2.Y/c1-2-43-36(42)37(39-41-24-22-30-15-9-10-16-34(30)35(41)31-17-19-32(38)20-18-31)23-21-33(25-37)40(26-28-11-5-3-6-12-28)27-29-13-7-4-8-14-29;/h3-20,33,35H,2,21-27H2,1H3;/q-1;/t33?,35-,37?;/m0./s1. The molecule has 5 nitrogen and oxygen atoms in total. The molecule has 0 aromatic heterocycles. The van der Waals surface area contributed by atoms with Crippen molar-refractivity contribution in [2.24, 2.45) is 0 Å². The number of fused-ring (bicyclic) bond motifs is 1. The van der Waals surface area contributed by atoms with Gasteiger partial charge in [0.2, 0.25) is 0 Å². The third kappa shape index (κ3) is 7.38. The van der Waals surface area contributed by atoms with Gasteiger partial charge in [0.1, 0.15) is 5.82 Å². The fraction of sp³-hybridized carbons (Fsp3) is 0.324. The summed E-state index contributed by atoms with van der Waals surface area (Å²) in [6.45, 7) is 4.40. The van der Waals surface area contributed by atoms with Crippen LogP contribution in [0.2, 0.25) is 0 Å². The van der Waals surface area contributed by atoms with Gasteiger partial charge in [-0.1, -0.05) is 103 Å². The van der Waals surface area contributed by atoms with E-state index >= 15 is 0 Å². The molecule has 4 aromatic rings. The third-order valence-electron chi connectivity index (χ3n) is 8.86. The second-order valence-electron chi connectivity index (χ2n) is 11.7. The summed E-state index contributed by atoms with van der Waals surface area (Å²) in [5.74, 6) is -0.525. The van der Waals surface area contributed by atoms with Gasteiger partial charge in [0.15, 0.2) is 0 Å². The van der Waals surface area contributed by atoms with Crippen LogP contribution in [0.1, 0.15) is 60.0 Å². The first-order chi connectivity index (χ1) is 21.0. The van der Waals surface area contributed by atoms with Crippen LogP contribution in [0.3, 0.4) is 0 Å². The SMILES string of the molecule is CCOC(=O)C1([N-]N2CCc3ccccc3[C@@H]2c2ccc(F)cc2)CCC(N(Cc2ccccc2)Cc2ccccc2)C1.[Y]. The topological polar surface area (TPSA) is 46.9 Å². The van der Waals surface area contributed by atoms with E-state index in [9.17, 15) is 9.18 Å². The van der Waals surface area contributed by atoms with Gasteiger partial charge in [-0.2, -0.15) is 0 Å². The number of carbonyl (C=O) groups is 1. The minimum absolute atomic E-state index is 0. The van der Waals surface area contributed by atoms with Gasteiger partial charge in [-0.15, -0.1) is 0 Å². The van der Waals surface area contributed by atoms with E-state index in [-0.39, 0.29) is 56.6 Å². The van der Waals surface area contributed by atoms with E-state index in [0.717, 1.165) is 37.1 Å². The van der Waals surface area contributed by atoms with Crippen molar-refractivity contribution in [2.75, 3.05) is 13.2 Å². The van der Waals surface area contributed by atoms with Gasteiger partial charge >= 0.3 is 0 Å². The number of carbonyl (C=O) groups excluding carboxylic acids is 1. The Balaban J connectivity index is 0.00000384. The molecule has 1 heterocycles. The zero-order valence-corrected chi connectivity index (χ0v) is 28.2. The van der Waals surface area contributed by atoms with Crippen molar-refractivity contribution >= 4 is 5.97 Å². The van der Waals surface area contributed by atoms with Crippen LogP contribution < -0.4 is 0 Å². The van der Waals surface area contributed by atoms with Crippen molar-refractivity contribution in [3.05, 3.63) is 148 Å². The summed E-state index contributed by atoms with van der Waals surface area (Å²) in [6.07, 6.45) is 2.87. The Morgan fingerprint density at radius 1 is 0.909 bits per heavy atom. The van der Waals surface area contributed by atoms with E-state index in [1.807, 2.05) is 37.3 Å². The van der Waals surface area contributed by atoms with Crippen LogP contribution >= 0.6 is 0 Å². The first-order valence-electron chi connectivity index (χ1n) is 15.4. The van der Waals surface area contributed by atoms with Crippen molar-refractivity contribution in [3.63, 3.8) is 0 Å². The molecule has 0 amide bonds. The Hall–Kier alpha value is -2.74. The van der Waals surface area contributed by atoms with Crippen LogP contribution in [0.4, 0.5) is 4.39 Å². The van der Waals surface area contributed by atoms with Gasteiger partial charge in [0.05, 0.1) is 6.61 Å². The second kappa shape index (κ2) is 15.0. The van der Waals surface area contributed by atoms with Crippen molar-refractivity contribution in [2.45, 2.75) is 63.3 Å². The molecule has 1 aliphatic carbocycles. The summed E-state index contributed by atoms with van der Waals surface area (Å²) < 4.78 is 19.7. The Kier molecular flexibility index (Phi) is 11.2. The van der Waals surface area contributed by atoms with Gasteiger partial charge in [-0.05, 0) is 78.2 Å². The molecule has 0 spiro atoms. The first-order valence-corrected chi connectivity index (χ1v) is 15.4. The summed E-state index contributed by atoms with van der Waals surface area (Å²) in [5.41, 5.74) is 10.2. The number of nitrogens with zero attached hydrogens (tertiary/aromatic N) is 3. The number of ether oxygens (including phenoxy) is 1. The monoisotopic (exact) mass is 665 g/mol. The van der Waals surface area contributed by atoms with Gasteiger partial charge in [0.25, 0.3) is 5.97 Å². The maximum absolute atomic E-state index is 14.0. The summed E-state index contributed by atoms with van der Waals surface area (Å²) in [4.78, 5) is 16.3. The third-order valence-corrected chi connectivity index (χ3v) is 8.86. The Bertz CT molecular complexity index is 1460. The van der Waals surface area contributed by atoms with Gasteiger partial charge < -0.3 is 15.2 Å². The fourth-order valence-electron chi connectivity index (χ4n) is 6.75. The Morgan fingerprint density at radius 3 is 2.16 bits per heavy atom. The molecule has 6 rings (SSSR count). The van der Waals surface area contributed by atoms with Crippen LogP contribution in [0.25, 0.3) is 5.43 Å². The van der Waals surface area contributed by atoms with E-state index in [2.05, 4.69) is 76.6 Å². The average Bonchev–Trinajstić information content (AvgIpc) is 3.48. The zero-order chi connectivity index (χ0) is 29.6. The molecule has 3 atom stereocenters. The minimum Gasteiger partial charge on any atom is -0.579 e. The van der Waals surface area contributed by atoms with E-state index in [1.54, 1.807) is 0 Å². The van der Waals surface area contributed by atoms with E-state index in [4.69, 9.17) is 10.2 Å². The number of esters is 1. The van der Waals surface area contributed by atoms with E-state index in [0.29, 0.717) is 26.0 Å². The molecule has 0 bridgehead atoms. The van der Waals surface area contributed by atoms with Crippen LogP contribution in [-0.4, -0.2) is 40.6 Å². The normalized spacial score (nSPS) is 21.4. The van der Waals surface area contributed by atoms with Crippen molar-refractivity contribution in [1.82, 2.24) is 9.91 Å². The number of hydrogen-bond acceptors (Lipinski definition) is 4. The molecule has 0 N–H and O–H groups in total. The molecule has 1 radical (unpaired) electrons. The predicted molar refractivity (Wildman–Crippen MR) is 168 cm³/mol. The largest absolute Gasteiger partial charge is 0.579 e. The van der Waals surface area contributed by atoms with Gasteiger partial charge in [-0.25, -0.2) is 4.39 Å². The first kappa shape index (κ1) is 32.7. The van der Waals surface area contributed by atoms with Crippen LogP contribution in [0, 0.1) is 5.82 Å². The molecule has 225 valence electrons. The average molecular weight is 666 g/mol. The van der Waals surface area contributed by atoms with Crippen LogP contribution in [0.5, 0.6) is 0 Å². The maximum atomic E-state index is 14.0. The van der Waals surface area contributed by atoms with Crippen molar-refractivity contribution in [3.8, 4) is 0 Å². The Morgan fingerprint density at radius 2 is 1.52 bits per heavy atom. The quantitative estimate of drug-likeness (QED) is 0.164. The number of halogens is 1. The minimum atomic E-state index is -0.989. The fourth-order valence-corrected chi connectivity index (χ4v) is 6.75. The molecular weight excluding hydrogens is 626 g/mol. The van der Waals surface area contributed by atoms with E-state index in [1.165, 1.54) is 28.8 Å². The summed E-state index contributed by atoms with van der Waals surface area (Å²) in [6, 6.07) is 36.0. The molecule has 7 heteroatoms. The molecule has 2 aliphatic rings. The summed E-state index contributed by atoms with van der Waals surface area (Å²) in [7, 11) is 0. The van der Waals surface area contributed by atoms with Gasteiger partial charge in [0, 0.05) is 57.9 Å². The van der Waals surface area contributed by atoms with Crippen LogP contribution in [-0.2, 0) is 61.8 Å². The summed E-state index contributed by atoms with van der Waals surface area (Å²) >= 11 is 0. The van der Waals surface area contributed by atoms with E-state index < -0.39 is 5.54 Å². The number of benzene rings is 4. The molecule has 44 heavy (non-hydrogen) atoms. The molecule has 4 aromatic carbocycles. The van der Waals surface area contributed by atoms with Crippen LogP contribution in [0.15, 0.2) is 109 Å². The zero-order valence-electron chi connectivity index (χ0n) is 25.3. The molecule has 1 fully saturated rings. The summed E-state index contributed by atoms with van der Waals surface area (Å²) in [5, 5.41) is 2.08. The molecule has 2 unspecified atom stereocenters. The van der Waals surface area contributed by atoms with Gasteiger partial charge in [-0.3, -0.25) is 9.69 Å². The Labute approximate surface area is 285 Å². The second-order valence-corrected chi connectivity index (χ2v) is 11.7. The molecular formula is C37H39FN3O2Y-. The molecule has 1 aliphatic heterocycles.